The first-order valence-electron chi connectivity index (χ1n) is 6.44. The number of halogens is 1. The van der Waals surface area contributed by atoms with Gasteiger partial charge in [0.15, 0.2) is 11.7 Å². The molecule has 1 atom stereocenters. The molecule has 110 valence electrons. The number of benzene rings is 1. The number of nitriles is 1. The summed E-state index contributed by atoms with van der Waals surface area (Å²) in [6, 6.07) is 10.5. The zero-order valence-electron chi connectivity index (χ0n) is 11.7. The van der Waals surface area contributed by atoms with Gasteiger partial charge in [0.05, 0.1) is 18.0 Å². The topological polar surface area (TPSA) is 82.9 Å². The Bertz CT molecular complexity index is 733. The van der Waals surface area contributed by atoms with Crippen LogP contribution in [0, 0.1) is 17.1 Å². The number of aromatic nitrogens is 1. The van der Waals surface area contributed by atoms with Crippen LogP contribution in [0.2, 0.25) is 0 Å². The van der Waals surface area contributed by atoms with Crippen molar-refractivity contribution in [3.05, 3.63) is 59.7 Å². The molecule has 0 spiro atoms. The van der Waals surface area contributed by atoms with E-state index in [4.69, 9.17) is 0 Å². The Morgan fingerprint density at radius 1 is 1.23 bits per heavy atom. The standard InChI is InChI=1S/C16H12FN3O2/c1-10(21)20-13-5-2-11(3-6-13)16(22)14(8-18)15-7-4-12(17)9-19-15/h2-7,9,14H,1H3,(H,20,21)/t14-/m0/s1. The van der Waals surface area contributed by atoms with Gasteiger partial charge in [0, 0.05) is 18.2 Å². The lowest BCUT2D eigenvalue weighted by Crippen LogP contribution is -2.13. The number of ketones is 1. The average molecular weight is 297 g/mol. The van der Waals surface area contributed by atoms with Crippen molar-refractivity contribution in [2.75, 3.05) is 5.32 Å². The minimum atomic E-state index is -1.10. The van der Waals surface area contributed by atoms with E-state index in [0.717, 1.165) is 12.3 Å². The fraction of sp³-hybridized carbons (Fsp3) is 0.125. The third-order valence-electron chi connectivity index (χ3n) is 2.93. The summed E-state index contributed by atoms with van der Waals surface area (Å²) in [7, 11) is 0. The molecular weight excluding hydrogens is 285 g/mol. The van der Waals surface area contributed by atoms with Crippen molar-refractivity contribution in [2.45, 2.75) is 12.8 Å². The zero-order chi connectivity index (χ0) is 16.1. The average Bonchev–Trinajstić information content (AvgIpc) is 2.50. The second kappa shape index (κ2) is 6.59. The van der Waals surface area contributed by atoms with Crippen LogP contribution in [-0.4, -0.2) is 16.7 Å². The number of nitrogens with one attached hydrogen (secondary N) is 1. The number of anilines is 1. The molecule has 0 aliphatic heterocycles. The first kappa shape index (κ1) is 15.3. The minimum absolute atomic E-state index is 0.194. The molecule has 1 aromatic carbocycles. The van der Waals surface area contributed by atoms with E-state index in [1.54, 1.807) is 12.1 Å². The quantitative estimate of drug-likeness (QED) is 0.879. The monoisotopic (exact) mass is 297 g/mol. The molecule has 0 radical (unpaired) electrons. The summed E-state index contributed by atoms with van der Waals surface area (Å²) in [5, 5.41) is 11.8. The van der Waals surface area contributed by atoms with Crippen LogP contribution in [0.3, 0.4) is 0 Å². The van der Waals surface area contributed by atoms with Crippen molar-refractivity contribution in [1.29, 1.82) is 5.26 Å². The van der Waals surface area contributed by atoms with Crippen molar-refractivity contribution < 1.29 is 14.0 Å². The molecular formula is C16H12FN3O2. The molecule has 1 heterocycles. The fourth-order valence-electron chi connectivity index (χ4n) is 1.90. The fourth-order valence-corrected chi connectivity index (χ4v) is 1.90. The zero-order valence-corrected chi connectivity index (χ0v) is 11.7. The van der Waals surface area contributed by atoms with Crippen LogP contribution in [0.25, 0.3) is 0 Å². The van der Waals surface area contributed by atoms with E-state index in [1.165, 1.54) is 25.1 Å². The van der Waals surface area contributed by atoms with E-state index in [9.17, 15) is 19.2 Å². The van der Waals surface area contributed by atoms with Crippen LogP contribution in [0.4, 0.5) is 10.1 Å². The van der Waals surface area contributed by atoms with Gasteiger partial charge in [-0.05, 0) is 36.4 Å². The van der Waals surface area contributed by atoms with Gasteiger partial charge in [-0.2, -0.15) is 5.26 Å². The van der Waals surface area contributed by atoms with Gasteiger partial charge in [0.1, 0.15) is 5.82 Å². The highest BCUT2D eigenvalue weighted by atomic mass is 19.1. The van der Waals surface area contributed by atoms with E-state index in [-0.39, 0.29) is 11.6 Å². The lowest BCUT2D eigenvalue weighted by atomic mass is 9.95. The normalized spacial score (nSPS) is 11.3. The Morgan fingerprint density at radius 2 is 1.91 bits per heavy atom. The first-order valence-corrected chi connectivity index (χ1v) is 6.44. The van der Waals surface area contributed by atoms with Gasteiger partial charge in [-0.15, -0.1) is 0 Å². The van der Waals surface area contributed by atoms with Crippen molar-refractivity contribution >= 4 is 17.4 Å². The lowest BCUT2D eigenvalue weighted by Gasteiger charge is -2.08. The van der Waals surface area contributed by atoms with Gasteiger partial charge in [0.2, 0.25) is 5.91 Å². The van der Waals surface area contributed by atoms with E-state index in [1.807, 2.05) is 6.07 Å². The third kappa shape index (κ3) is 3.52. The number of rotatable bonds is 4. The highest BCUT2D eigenvalue weighted by Crippen LogP contribution is 2.20. The molecule has 1 N–H and O–H groups in total. The number of pyridine rings is 1. The van der Waals surface area contributed by atoms with Crippen LogP contribution in [0.1, 0.15) is 28.9 Å². The second-order valence-electron chi connectivity index (χ2n) is 4.59. The molecule has 2 rings (SSSR count). The van der Waals surface area contributed by atoms with Gasteiger partial charge >= 0.3 is 0 Å². The van der Waals surface area contributed by atoms with Crippen LogP contribution in [0.5, 0.6) is 0 Å². The summed E-state index contributed by atoms with van der Waals surface area (Å²) in [5.74, 6) is -2.29. The van der Waals surface area contributed by atoms with Gasteiger partial charge in [-0.3, -0.25) is 14.6 Å². The predicted octanol–water partition coefficient (Wildman–Crippen LogP) is 2.67. The number of Topliss-reactive ketones (excluding diaryl/α,β-unsaturated/α-hetero) is 1. The van der Waals surface area contributed by atoms with Gasteiger partial charge in [-0.25, -0.2) is 4.39 Å². The maximum Gasteiger partial charge on any atom is 0.221 e. The van der Waals surface area contributed by atoms with Gasteiger partial charge in [0.25, 0.3) is 0 Å². The number of carbonyl (C=O) groups is 2. The van der Waals surface area contributed by atoms with E-state index in [2.05, 4.69) is 10.3 Å². The highest BCUT2D eigenvalue weighted by molar-refractivity contribution is 6.03. The predicted molar refractivity (Wildman–Crippen MR) is 77.6 cm³/mol. The Hall–Kier alpha value is -3.07. The van der Waals surface area contributed by atoms with Gasteiger partial charge in [-0.1, -0.05) is 0 Å². The number of carbonyl (C=O) groups excluding carboxylic acids is 2. The Morgan fingerprint density at radius 3 is 2.41 bits per heavy atom. The van der Waals surface area contributed by atoms with E-state index < -0.39 is 17.5 Å². The molecule has 5 nitrogen and oxygen atoms in total. The maximum atomic E-state index is 12.9. The molecule has 2 aromatic rings. The molecule has 6 heteroatoms. The summed E-state index contributed by atoms with van der Waals surface area (Å²) in [4.78, 5) is 27.1. The third-order valence-corrected chi connectivity index (χ3v) is 2.93. The van der Waals surface area contributed by atoms with Crippen LogP contribution >= 0.6 is 0 Å². The number of hydrogen-bond acceptors (Lipinski definition) is 4. The summed E-state index contributed by atoms with van der Waals surface area (Å²) in [6.45, 7) is 1.38. The smallest absolute Gasteiger partial charge is 0.221 e. The van der Waals surface area contributed by atoms with Crippen molar-refractivity contribution in [2.24, 2.45) is 0 Å². The molecule has 1 amide bonds. The first-order chi connectivity index (χ1) is 10.5. The summed E-state index contributed by atoms with van der Waals surface area (Å²) in [5.41, 5.74) is 1.06. The Kier molecular flexibility index (Phi) is 4.59. The molecule has 1 aromatic heterocycles. The molecule has 0 aliphatic rings. The molecule has 22 heavy (non-hydrogen) atoms. The van der Waals surface area contributed by atoms with Crippen molar-refractivity contribution in [3.63, 3.8) is 0 Å². The minimum Gasteiger partial charge on any atom is -0.326 e. The summed E-state index contributed by atoms with van der Waals surface area (Å²) in [6.07, 6.45) is 0.965. The lowest BCUT2D eigenvalue weighted by molar-refractivity contribution is -0.114. The van der Waals surface area contributed by atoms with Crippen molar-refractivity contribution in [3.8, 4) is 6.07 Å². The largest absolute Gasteiger partial charge is 0.326 e. The van der Waals surface area contributed by atoms with Crippen LogP contribution < -0.4 is 5.32 Å². The SMILES string of the molecule is CC(=O)Nc1ccc(C(=O)[C@@H](C#N)c2ccc(F)cn2)cc1. The molecule has 0 fully saturated rings. The summed E-state index contributed by atoms with van der Waals surface area (Å²) >= 11 is 0. The molecule has 0 aliphatic carbocycles. The van der Waals surface area contributed by atoms with E-state index in [0.29, 0.717) is 11.3 Å². The van der Waals surface area contributed by atoms with Crippen LogP contribution in [0.15, 0.2) is 42.6 Å². The Labute approximate surface area is 126 Å². The molecule has 0 saturated carbocycles. The number of nitrogens with zero attached hydrogens (tertiary/aromatic N) is 2. The number of amides is 1. The Balaban J connectivity index is 2.23. The van der Waals surface area contributed by atoms with Crippen molar-refractivity contribution in [1.82, 2.24) is 4.98 Å². The number of hydrogen-bond donors (Lipinski definition) is 1. The van der Waals surface area contributed by atoms with Crippen LogP contribution in [-0.2, 0) is 4.79 Å². The summed E-state index contributed by atoms with van der Waals surface area (Å²) < 4.78 is 12.9. The highest BCUT2D eigenvalue weighted by Gasteiger charge is 2.23. The van der Waals surface area contributed by atoms with E-state index >= 15 is 0 Å². The molecule has 0 saturated heterocycles. The van der Waals surface area contributed by atoms with Gasteiger partial charge < -0.3 is 5.32 Å². The maximum absolute atomic E-state index is 12.9. The second-order valence-corrected chi connectivity index (χ2v) is 4.59. The molecule has 0 unspecified atom stereocenters. The molecule has 0 bridgehead atoms.